The van der Waals surface area contributed by atoms with Crippen LogP contribution in [0, 0.1) is 11.8 Å². The largest absolute Gasteiger partial charge is 0.342 e. The summed E-state index contributed by atoms with van der Waals surface area (Å²) in [6.07, 6.45) is 1.65. The lowest BCUT2D eigenvalue weighted by molar-refractivity contribution is -0.201. The number of carbonyl (C=O) groups is 8. The minimum Gasteiger partial charge on any atom is -0.342 e. The van der Waals surface area contributed by atoms with E-state index in [-0.39, 0.29) is 50.6 Å². The van der Waals surface area contributed by atoms with E-state index in [1.165, 1.54) is 0 Å². The third-order valence-electron chi connectivity index (χ3n) is 10.3. The van der Waals surface area contributed by atoms with Crippen molar-refractivity contribution >= 4 is 47.4 Å². The van der Waals surface area contributed by atoms with Crippen LogP contribution >= 0.6 is 0 Å². The van der Waals surface area contributed by atoms with E-state index >= 15 is 0 Å². The number of likely N-dealkylation sites (tertiary alicyclic amines) is 2. The number of pyridine rings is 1. The number of nitrogens with one attached hydrogen (secondary N) is 1. The summed E-state index contributed by atoms with van der Waals surface area (Å²) < 4.78 is 0. The number of aromatic nitrogens is 1. The minimum atomic E-state index is -0.624. The molecular formula is C35H46N8O10. The average Bonchev–Trinajstić information content (AvgIpc) is 3.64. The molecule has 6 heterocycles. The maximum Gasteiger partial charge on any atom is 0.336 e. The number of hydroxylamine groups is 4. The van der Waals surface area contributed by atoms with Crippen LogP contribution in [-0.4, -0.2) is 148 Å². The fourth-order valence-corrected chi connectivity index (χ4v) is 7.15. The van der Waals surface area contributed by atoms with Crippen molar-refractivity contribution in [2.45, 2.75) is 64.5 Å². The molecule has 1 N–H and O–H groups in total. The number of piperidine rings is 2. The van der Waals surface area contributed by atoms with E-state index in [2.05, 4.69) is 5.32 Å². The fraction of sp³-hybridized carbons (Fsp3) is 0.629. The van der Waals surface area contributed by atoms with Gasteiger partial charge in [-0.25, -0.2) is 9.59 Å². The van der Waals surface area contributed by atoms with E-state index in [0.29, 0.717) is 101 Å². The van der Waals surface area contributed by atoms with E-state index in [4.69, 9.17) is 14.7 Å². The Morgan fingerprint density at radius 2 is 0.981 bits per heavy atom. The van der Waals surface area contributed by atoms with Gasteiger partial charge in [0.15, 0.2) is 0 Å². The highest BCUT2D eigenvalue weighted by molar-refractivity contribution is 6.02. The Morgan fingerprint density at radius 3 is 1.36 bits per heavy atom. The van der Waals surface area contributed by atoms with Gasteiger partial charge in [-0.05, 0) is 37.8 Å². The number of rotatable bonds is 8. The van der Waals surface area contributed by atoms with Gasteiger partial charge in [0.25, 0.3) is 23.6 Å². The lowest BCUT2D eigenvalue weighted by atomic mass is 9.97. The van der Waals surface area contributed by atoms with Crippen molar-refractivity contribution in [1.29, 1.82) is 0 Å². The summed E-state index contributed by atoms with van der Waals surface area (Å²) >= 11 is 0. The van der Waals surface area contributed by atoms with Crippen LogP contribution in [0.4, 0.5) is 0 Å². The average molecular weight is 739 g/mol. The molecule has 6 amide bonds. The van der Waals surface area contributed by atoms with Crippen LogP contribution < -0.4 is 5.32 Å². The van der Waals surface area contributed by atoms with Crippen molar-refractivity contribution in [1.82, 2.24) is 40.0 Å². The van der Waals surface area contributed by atoms with Gasteiger partial charge in [-0.2, -0.15) is 0 Å². The SMILES string of the molecule is O=C(ON1C(=O)CCC1=O)C1CCN(C(=O)CN2CCNCCN(CC(=O)N3CCC(C(=O)ON4C(=O)CCC4=O)CC3)Cc3cccc(n3)C2)CC1. The van der Waals surface area contributed by atoms with E-state index in [9.17, 15) is 38.4 Å². The van der Waals surface area contributed by atoms with Crippen LogP contribution in [-0.2, 0) is 61.1 Å². The summed E-state index contributed by atoms with van der Waals surface area (Å²) in [6.45, 7) is 5.05. The molecule has 286 valence electrons. The third-order valence-corrected chi connectivity index (χ3v) is 10.3. The van der Waals surface area contributed by atoms with Crippen molar-refractivity contribution in [2.24, 2.45) is 11.8 Å². The number of hydrogen-bond donors (Lipinski definition) is 1. The number of amides is 6. The Bertz CT molecular complexity index is 1460. The first kappa shape index (κ1) is 37.9. The molecule has 1 aromatic heterocycles. The van der Waals surface area contributed by atoms with Gasteiger partial charge in [0.1, 0.15) is 0 Å². The zero-order valence-corrected chi connectivity index (χ0v) is 29.7. The standard InChI is InChI=1S/C35H46N8O10/c44-28-4-5-29(45)42(28)52-34(50)24-8-14-40(15-9-24)32(48)22-38-18-12-36-13-19-39(21-27-3-1-2-26(20-38)37-27)23-33(49)41-16-10-25(11-17-41)35(51)53-43-30(46)6-7-31(43)47/h1-3,24-25,36H,4-23H2. The Hall–Kier alpha value is -4.81. The summed E-state index contributed by atoms with van der Waals surface area (Å²) in [7, 11) is 0. The van der Waals surface area contributed by atoms with E-state index in [0.717, 1.165) is 11.4 Å². The highest BCUT2D eigenvalue weighted by atomic mass is 16.7. The van der Waals surface area contributed by atoms with Crippen LogP contribution in [0.1, 0.15) is 62.8 Å². The second kappa shape index (κ2) is 17.3. The first-order valence-corrected chi connectivity index (χ1v) is 18.3. The minimum absolute atomic E-state index is 0.0335. The predicted molar refractivity (Wildman–Crippen MR) is 181 cm³/mol. The van der Waals surface area contributed by atoms with Gasteiger partial charge in [-0.3, -0.25) is 43.6 Å². The van der Waals surface area contributed by atoms with Gasteiger partial charge in [0, 0.05) is 91.1 Å². The van der Waals surface area contributed by atoms with Gasteiger partial charge in [0.05, 0.1) is 36.3 Å². The molecule has 0 radical (unpaired) electrons. The molecule has 6 rings (SSSR count). The number of imide groups is 2. The Morgan fingerprint density at radius 1 is 0.604 bits per heavy atom. The monoisotopic (exact) mass is 738 g/mol. The Labute approximate surface area is 306 Å². The second-order valence-corrected chi connectivity index (χ2v) is 14.1. The zero-order chi connectivity index (χ0) is 37.5. The molecule has 0 saturated carbocycles. The maximum atomic E-state index is 13.4. The van der Waals surface area contributed by atoms with E-state index in [1.54, 1.807) is 9.80 Å². The molecule has 0 spiro atoms. The fourth-order valence-electron chi connectivity index (χ4n) is 7.15. The Kier molecular flexibility index (Phi) is 12.4. The molecule has 18 heteroatoms. The van der Waals surface area contributed by atoms with Gasteiger partial charge in [-0.1, -0.05) is 6.07 Å². The highest BCUT2D eigenvalue weighted by Crippen LogP contribution is 2.23. The molecule has 0 aliphatic carbocycles. The summed E-state index contributed by atoms with van der Waals surface area (Å²) in [5.74, 6) is -4.45. The molecule has 2 bridgehead atoms. The van der Waals surface area contributed by atoms with Crippen LogP contribution in [0.15, 0.2) is 18.2 Å². The number of hydrogen-bond acceptors (Lipinski definition) is 14. The van der Waals surface area contributed by atoms with E-state index in [1.807, 2.05) is 28.0 Å². The summed E-state index contributed by atoms with van der Waals surface area (Å²) in [4.78, 5) is 122. The van der Waals surface area contributed by atoms with Gasteiger partial charge >= 0.3 is 11.9 Å². The quantitative estimate of drug-likeness (QED) is 0.318. The van der Waals surface area contributed by atoms with Crippen molar-refractivity contribution in [3.8, 4) is 0 Å². The second-order valence-electron chi connectivity index (χ2n) is 14.1. The van der Waals surface area contributed by atoms with Gasteiger partial charge in [-0.15, -0.1) is 10.1 Å². The van der Waals surface area contributed by atoms with Crippen molar-refractivity contribution < 1.29 is 48.0 Å². The maximum absolute atomic E-state index is 13.4. The van der Waals surface area contributed by atoms with Crippen molar-refractivity contribution in [2.75, 3.05) is 65.4 Å². The molecule has 53 heavy (non-hydrogen) atoms. The lowest BCUT2D eigenvalue weighted by Gasteiger charge is -2.33. The lowest BCUT2D eigenvalue weighted by Crippen LogP contribution is -2.48. The van der Waals surface area contributed by atoms with Gasteiger partial charge < -0.3 is 24.8 Å². The molecule has 5 aliphatic rings. The van der Waals surface area contributed by atoms with Gasteiger partial charge in [0.2, 0.25) is 11.8 Å². The summed E-state index contributed by atoms with van der Waals surface area (Å²) in [5, 5.41) is 4.55. The molecule has 5 aliphatic heterocycles. The van der Waals surface area contributed by atoms with Crippen LogP contribution in [0.2, 0.25) is 0 Å². The van der Waals surface area contributed by atoms with Crippen molar-refractivity contribution in [3.05, 3.63) is 29.6 Å². The summed E-state index contributed by atoms with van der Waals surface area (Å²) in [6, 6.07) is 5.74. The molecule has 0 unspecified atom stereocenters. The summed E-state index contributed by atoms with van der Waals surface area (Å²) in [5.41, 5.74) is 1.58. The molecular weight excluding hydrogens is 692 g/mol. The number of carbonyl (C=O) groups excluding carboxylic acids is 8. The topological polar surface area (TPSA) is 199 Å². The first-order valence-electron chi connectivity index (χ1n) is 18.3. The molecule has 0 aromatic carbocycles. The van der Waals surface area contributed by atoms with Crippen molar-refractivity contribution in [3.63, 3.8) is 0 Å². The third kappa shape index (κ3) is 9.79. The zero-order valence-electron chi connectivity index (χ0n) is 29.7. The van der Waals surface area contributed by atoms with Crippen LogP contribution in [0.25, 0.3) is 0 Å². The molecule has 18 nitrogen and oxygen atoms in total. The molecule has 4 fully saturated rings. The van der Waals surface area contributed by atoms with E-state index < -0.39 is 47.4 Å². The predicted octanol–water partition coefficient (Wildman–Crippen LogP) is -1.02. The normalized spacial score (nSPS) is 21.8. The number of nitrogens with zero attached hydrogens (tertiary/aromatic N) is 7. The molecule has 1 aromatic rings. The van der Waals surface area contributed by atoms with Crippen LogP contribution in [0.5, 0.6) is 0 Å². The highest BCUT2D eigenvalue weighted by Gasteiger charge is 2.38. The molecule has 0 atom stereocenters. The smallest absolute Gasteiger partial charge is 0.336 e. The first-order chi connectivity index (χ1) is 25.5. The Balaban J connectivity index is 0.963. The van der Waals surface area contributed by atoms with Crippen LogP contribution in [0.3, 0.4) is 0 Å². The number of fused-ring (bicyclic) bond motifs is 2. The molecule has 4 saturated heterocycles.